The predicted octanol–water partition coefficient (Wildman–Crippen LogP) is 1.31. The molecule has 0 unspecified atom stereocenters. The molecule has 0 aromatic heterocycles. The highest BCUT2D eigenvalue weighted by molar-refractivity contribution is 7.90. The maximum Gasteiger partial charge on any atom is 0.346 e. The number of carboxylic acids is 1. The van der Waals surface area contributed by atoms with Gasteiger partial charge in [-0.2, -0.15) is 0 Å². The number of carbonyl (C=O) groups excluding carboxylic acids is 2. The zero-order valence-electron chi connectivity index (χ0n) is 13.8. The number of carbonyl (C=O) groups is 3. The van der Waals surface area contributed by atoms with Gasteiger partial charge in [0.1, 0.15) is 12.3 Å². The first-order valence-corrected chi connectivity index (χ1v) is 9.14. The third kappa shape index (κ3) is 3.60. The molecule has 9 nitrogen and oxygen atoms in total. The summed E-state index contributed by atoms with van der Waals surface area (Å²) < 4.78 is 30.8. The van der Waals surface area contributed by atoms with Gasteiger partial charge in [-0.3, -0.25) is 9.69 Å². The summed E-state index contributed by atoms with van der Waals surface area (Å²) in [5, 5.41) is 8.64. The molecule has 1 heterocycles. The fraction of sp³-hybridized carbons (Fsp3) is 0.118. The number of hydrogen-bond acceptors (Lipinski definition) is 6. The fourth-order valence-corrected chi connectivity index (χ4v) is 3.86. The number of amides is 3. The number of imide groups is 1. The Balaban J connectivity index is 1.91. The Morgan fingerprint density at radius 3 is 2.44 bits per heavy atom. The summed E-state index contributed by atoms with van der Waals surface area (Å²) in [4.78, 5) is 36.1. The largest absolute Gasteiger partial charge is 0.482 e. The molecule has 1 saturated heterocycles. The van der Waals surface area contributed by atoms with Crippen LogP contribution in [0.15, 0.2) is 59.5 Å². The van der Waals surface area contributed by atoms with Gasteiger partial charge in [-0.1, -0.05) is 24.3 Å². The minimum Gasteiger partial charge on any atom is -0.482 e. The Bertz CT molecular complexity index is 1000. The number of benzene rings is 2. The number of nitrogens with zero attached hydrogens (tertiary/aromatic N) is 2. The maximum absolute atomic E-state index is 12.8. The van der Waals surface area contributed by atoms with E-state index in [4.69, 9.17) is 9.84 Å². The van der Waals surface area contributed by atoms with Gasteiger partial charge in [0.15, 0.2) is 6.61 Å². The highest BCUT2D eigenvalue weighted by atomic mass is 32.2. The number of sulfonamides is 1. The molecule has 1 aliphatic heterocycles. The lowest BCUT2D eigenvalue weighted by Gasteiger charge is -2.17. The molecule has 2 aromatic rings. The van der Waals surface area contributed by atoms with E-state index >= 15 is 0 Å². The summed E-state index contributed by atoms with van der Waals surface area (Å²) in [5.74, 6) is -2.13. The van der Waals surface area contributed by atoms with Gasteiger partial charge in [0.2, 0.25) is 0 Å². The number of anilines is 1. The summed E-state index contributed by atoms with van der Waals surface area (Å²) >= 11 is 0. The van der Waals surface area contributed by atoms with Gasteiger partial charge in [-0.05, 0) is 24.3 Å². The van der Waals surface area contributed by atoms with Gasteiger partial charge < -0.3 is 9.84 Å². The van der Waals surface area contributed by atoms with Crippen LogP contribution in [-0.4, -0.2) is 48.9 Å². The third-order valence-electron chi connectivity index (χ3n) is 3.70. The van der Waals surface area contributed by atoms with Crippen LogP contribution in [-0.2, 0) is 19.6 Å². The van der Waals surface area contributed by atoms with E-state index in [1.165, 1.54) is 18.2 Å². The van der Waals surface area contributed by atoms with Crippen LogP contribution in [0.1, 0.15) is 0 Å². The van der Waals surface area contributed by atoms with Crippen molar-refractivity contribution >= 4 is 33.6 Å². The van der Waals surface area contributed by atoms with Crippen LogP contribution in [0.3, 0.4) is 0 Å². The number of carboxylic acid groups (broad SMARTS) is 1. The van der Waals surface area contributed by atoms with Crippen LogP contribution in [0, 0.1) is 0 Å². The second-order valence-corrected chi connectivity index (χ2v) is 7.31. The molecule has 10 heteroatoms. The molecule has 140 valence electrons. The Kier molecular flexibility index (Phi) is 4.82. The molecule has 1 N–H and O–H groups in total. The van der Waals surface area contributed by atoms with Crippen molar-refractivity contribution in [3.8, 4) is 5.75 Å². The molecule has 2 aromatic carbocycles. The molecule has 0 aliphatic carbocycles. The van der Waals surface area contributed by atoms with Crippen LogP contribution in [0.5, 0.6) is 5.75 Å². The number of rotatable bonds is 6. The highest BCUT2D eigenvalue weighted by Crippen LogP contribution is 2.27. The average molecular weight is 390 g/mol. The summed E-state index contributed by atoms with van der Waals surface area (Å²) in [7, 11) is -4.47. The second kappa shape index (κ2) is 7.08. The zero-order valence-corrected chi connectivity index (χ0v) is 14.6. The van der Waals surface area contributed by atoms with Gasteiger partial charge in [-0.25, -0.2) is 18.0 Å². The second-order valence-electron chi connectivity index (χ2n) is 5.52. The van der Waals surface area contributed by atoms with Crippen molar-refractivity contribution in [1.29, 1.82) is 0 Å². The Morgan fingerprint density at radius 1 is 1.07 bits per heavy atom. The van der Waals surface area contributed by atoms with Gasteiger partial charge >= 0.3 is 12.0 Å². The molecule has 0 saturated carbocycles. The number of aliphatic carboxylic acids is 1. The van der Waals surface area contributed by atoms with E-state index in [1.54, 1.807) is 30.3 Å². The van der Waals surface area contributed by atoms with Gasteiger partial charge in [0, 0.05) is 11.8 Å². The monoisotopic (exact) mass is 390 g/mol. The Hall–Kier alpha value is -3.40. The summed E-state index contributed by atoms with van der Waals surface area (Å²) in [6.45, 7) is -1.07. The lowest BCUT2D eigenvalue weighted by molar-refractivity contribution is -0.139. The minimum atomic E-state index is -4.47. The minimum absolute atomic E-state index is 0.0162. The number of ether oxygens (including phenoxy) is 1. The number of hydrogen-bond donors (Lipinski definition) is 1. The van der Waals surface area contributed by atoms with E-state index in [9.17, 15) is 22.8 Å². The van der Waals surface area contributed by atoms with E-state index < -0.39 is 41.1 Å². The van der Waals surface area contributed by atoms with Gasteiger partial charge in [-0.15, -0.1) is 4.31 Å². The number of para-hydroxylation sites is 1. The molecule has 1 aliphatic rings. The van der Waals surface area contributed by atoms with Crippen molar-refractivity contribution < 1.29 is 32.6 Å². The van der Waals surface area contributed by atoms with Crippen LogP contribution in [0.2, 0.25) is 0 Å². The first-order chi connectivity index (χ1) is 12.8. The molecule has 3 amide bonds. The molecule has 27 heavy (non-hydrogen) atoms. The Morgan fingerprint density at radius 2 is 1.78 bits per heavy atom. The van der Waals surface area contributed by atoms with E-state index in [2.05, 4.69) is 0 Å². The van der Waals surface area contributed by atoms with Crippen molar-refractivity contribution in [3.05, 3.63) is 54.6 Å². The van der Waals surface area contributed by atoms with Crippen molar-refractivity contribution in [1.82, 2.24) is 4.31 Å². The van der Waals surface area contributed by atoms with E-state index in [0.29, 0.717) is 5.69 Å². The maximum atomic E-state index is 12.8. The molecule has 3 rings (SSSR count). The molecular weight excluding hydrogens is 376 g/mol. The first kappa shape index (κ1) is 18.4. The van der Waals surface area contributed by atoms with E-state index in [-0.39, 0.29) is 15.0 Å². The molecule has 1 fully saturated rings. The molecular formula is C17H14N2O7S. The molecule has 0 atom stereocenters. The van der Waals surface area contributed by atoms with Gasteiger partial charge in [0.25, 0.3) is 15.9 Å². The summed E-state index contributed by atoms with van der Waals surface area (Å²) in [6.07, 6.45) is 0. The predicted molar refractivity (Wildman–Crippen MR) is 92.8 cm³/mol. The molecule has 0 spiro atoms. The average Bonchev–Trinajstić information content (AvgIpc) is 2.96. The topological polar surface area (TPSA) is 121 Å². The quantitative estimate of drug-likeness (QED) is 0.738. The zero-order chi connectivity index (χ0) is 19.6. The first-order valence-electron chi connectivity index (χ1n) is 7.70. The van der Waals surface area contributed by atoms with Crippen molar-refractivity contribution in [2.75, 3.05) is 18.1 Å². The van der Waals surface area contributed by atoms with E-state index in [1.807, 2.05) is 0 Å². The lowest BCUT2D eigenvalue weighted by Crippen LogP contribution is -2.38. The summed E-state index contributed by atoms with van der Waals surface area (Å²) in [6, 6.07) is 12.2. The smallest absolute Gasteiger partial charge is 0.346 e. The highest BCUT2D eigenvalue weighted by Gasteiger charge is 2.45. The van der Waals surface area contributed by atoms with Crippen LogP contribution < -0.4 is 9.64 Å². The standard InChI is InChI=1S/C17H14N2O7S/c20-15-10-18(12-5-2-1-3-6-12)17(23)19(15)27(24,25)14-8-4-7-13(9-14)26-11-16(21)22/h1-9H,10-11H2,(H,21,22). The summed E-state index contributed by atoms with van der Waals surface area (Å²) in [5.41, 5.74) is 0.395. The fourth-order valence-electron chi connectivity index (χ4n) is 2.50. The van der Waals surface area contributed by atoms with Crippen molar-refractivity contribution in [2.45, 2.75) is 4.90 Å². The van der Waals surface area contributed by atoms with Crippen molar-refractivity contribution in [2.24, 2.45) is 0 Å². The SMILES string of the molecule is O=C(O)COc1cccc(S(=O)(=O)N2C(=O)CN(c3ccccc3)C2=O)c1. The van der Waals surface area contributed by atoms with Crippen LogP contribution in [0.25, 0.3) is 0 Å². The third-order valence-corrected chi connectivity index (χ3v) is 5.39. The van der Waals surface area contributed by atoms with Gasteiger partial charge in [0.05, 0.1) is 4.90 Å². The molecule has 0 radical (unpaired) electrons. The van der Waals surface area contributed by atoms with Crippen LogP contribution in [0.4, 0.5) is 10.5 Å². The van der Waals surface area contributed by atoms with E-state index in [0.717, 1.165) is 11.0 Å². The molecule has 0 bridgehead atoms. The number of urea groups is 1. The Labute approximate surface area is 154 Å². The van der Waals surface area contributed by atoms with Crippen molar-refractivity contribution in [3.63, 3.8) is 0 Å². The lowest BCUT2D eigenvalue weighted by atomic mass is 10.3. The van der Waals surface area contributed by atoms with Crippen LogP contribution >= 0.6 is 0 Å². The normalized spacial score (nSPS) is 14.5.